The third kappa shape index (κ3) is 3.04. The van der Waals surface area contributed by atoms with Crippen LogP contribution < -0.4 is 10.5 Å². The zero-order chi connectivity index (χ0) is 14.7. The minimum Gasteiger partial charge on any atom is -0.450 e. The van der Waals surface area contributed by atoms with Crippen molar-refractivity contribution in [2.75, 3.05) is 0 Å². The molecule has 0 aliphatic rings. The lowest BCUT2D eigenvalue weighted by molar-refractivity contribution is -0.385. The summed E-state index contributed by atoms with van der Waals surface area (Å²) < 4.78 is 18.6. The van der Waals surface area contributed by atoms with E-state index in [0.717, 1.165) is 18.2 Å². The number of ether oxygens (including phenoxy) is 1. The molecule has 2 N–H and O–H groups in total. The number of nitro benzene ring substituents is 1. The van der Waals surface area contributed by atoms with Crippen LogP contribution in [0.5, 0.6) is 11.5 Å². The van der Waals surface area contributed by atoms with Crippen molar-refractivity contribution in [3.63, 3.8) is 0 Å². The maximum absolute atomic E-state index is 13.2. The summed E-state index contributed by atoms with van der Waals surface area (Å²) in [7, 11) is 0. The summed E-state index contributed by atoms with van der Waals surface area (Å²) in [6.45, 7) is 0.162. The molecule has 0 atom stereocenters. The van der Waals surface area contributed by atoms with Crippen LogP contribution in [0, 0.1) is 15.9 Å². The topological polar surface area (TPSA) is 78.4 Å². The molecule has 20 heavy (non-hydrogen) atoms. The van der Waals surface area contributed by atoms with Gasteiger partial charge in [0.05, 0.1) is 4.92 Å². The highest BCUT2D eigenvalue weighted by atomic mass is 35.5. The number of nitrogens with zero attached hydrogens (tertiary/aromatic N) is 1. The zero-order valence-electron chi connectivity index (χ0n) is 10.2. The van der Waals surface area contributed by atoms with Gasteiger partial charge in [-0.05, 0) is 18.2 Å². The Morgan fingerprint density at radius 2 is 2.00 bits per heavy atom. The molecule has 0 aliphatic heterocycles. The molecule has 0 spiro atoms. The van der Waals surface area contributed by atoms with E-state index in [2.05, 4.69) is 0 Å². The minimum absolute atomic E-state index is 0.162. The first-order valence-corrected chi connectivity index (χ1v) is 5.99. The average molecular weight is 297 g/mol. The van der Waals surface area contributed by atoms with Crippen molar-refractivity contribution in [1.29, 1.82) is 0 Å². The van der Waals surface area contributed by atoms with Gasteiger partial charge in [0.15, 0.2) is 0 Å². The molecule has 0 radical (unpaired) electrons. The molecule has 0 aromatic heterocycles. The Labute approximate surface area is 118 Å². The molecule has 0 fully saturated rings. The lowest BCUT2D eigenvalue weighted by Crippen LogP contribution is -2.01. The molecule has 0 saturated carbocycles. The molecular weight excluding hydrogens is 287 g/mol. The van der Waals surface area contributed by atoms with Gasteiger partial charge in [0.25, 0.3) is 0 Å². The molecule has 0 saturated heterocycles. The Morgan fingerprint density at radius 1 is 1.25 bits per heavy atom. The zero-order valence-corrected chi connectivity index (χ0v) is 10.9. The van der Waals surface area contributed by atoms with Gasteiger partial charge in [0.2, 0.25) is 5.75 Å². The van der Waals surface area contributed by atoms with Gasteiger partial charge in [-0.3, -0.25) is 10.1 Å². The van der Waals surface area contributed by atoms with Crippen molar-refractivity contribution in [3.8, 4) is 11.5 Å². The molecule has 2 rings (SSSR count). The standard InChI is InChI=1S/C13H10ClFN2O3/c14-9-2-1-8(7-16)12(5-9)20-13-6-10(15)3-4-11(13)17(18)19/h1-6H,7,16H2. The van der Waals surface area contributed by atoms with Gasteiger partial charge in [-0.15, -0.1) is 0 Å². The van der Waals surface area contributed by atoms with Crippen LogP contribution in [0.3, 0.4) is 0 Å². The van der Waals surface area contributed by atoms with Gasteiger partial charge in [0, 0.05) is 29.3 Å². The predicted molar refractivity (Wildman–Crippen MR) is 72.5 cm³/mol. The number of nitro groups is 1. The summed E-state index contributed by atoms with van der Waals surface area (Å²) in [6.07, 6.45) is 0. The summed E-state index contributed by atoms with van der Waals surface area (Å²) in [4.78, 5) is 10.2. The average Bonchev–Trinajstić information content (AvgIpc) is 2.38. The highest BCUT2D eigenvalue weighted by Gasteiger charge is 2.18. The first-order valence-electron chi connectivity index (χ1n) is 5.61. The molecule has 2 aromatic carbocycles. The Bertz CT molecular complexity index is 664. The van der Waals surface area contributed by atoms with E-state index in [-0.39, 0.29) is 23.7 Å². The van der Waals surface area contributed by atoms with E-state index >= 15 is 0 Å². The largest absolute Gasteiger partial charge is 0.450 e. The second-order valence-corrected chi connectivity index (χ2v) is 4.36. The molecule has 5 nitrogen and oxygen atoms in total. The van der Waals surface area contributed by atoms with E-state index in [9.17, 15) is 14.5 Å². The second-order valence-electron chi connectivity index (χ2n) is 3.93. The minimum atomic E-state index is -0.651. The summed E-state index contributed by atoms with van der Waals surface area (Å²) in [6, 6.07) is 7.71. The van der Waals surface area contributed by atoms with Crippen LogP contribution in [0.2, 0.25) is 5.02 Å². The first-order chi connectivity index (χ1) is 9.51. The normalized spacial score (nSPS) is 10.3. The lowest BCUT2D eigenvalue weighted by atomic mass is 10.2. The van der Waals surface area contributed by atoms with Crippen molar-refractivity contribution in [2.45, 2.75) is 6.54 Å². The summed E-state index contributed by atoms with van der Waals surface area (Å²) in [5.74, 6) is -0.581. The van der Waals surface area contributed by atoms with Crippen LogP contribution >= 0.6 is 11.6 Å². The third-order valence-electron chi connectivity index (χ3n) is 2.59. The second kappa shape index (κ2) is 5.85. The number of nitrogens with two attached hydrogens (primary N) is 1. The van der Waals surface area contributed by atoms with Gasteiger partial charge in [-0.2, -0.15) is 0 Å². The fourth-order valence-electron chi connectivity index (χ4n) is 1.63. The van der Waals surface area contributed by atoms with Gasteiger partial charge in [0.1, 0.15) is 11.6 Å². The number of hydrogen-bond donors (Lipinski definition) is 1. The highest BCUT2D eigenvalue weighted by Crippen LogP contribution is 2.34. The Kier molecular flexibility index (Phi) is 4.16. The number of benzene rings is 2. The quantitative estimate of drug-likeness (QED) is 0.690. The molecular formula is C13H10ClFN2O3. The Balaban J connectivity index is 2.46. The van der Waals surface area contributed by atoms with Crippen LogP contribution in [0.15, 0.2) is 36.4 Å². The molecule has 7 heteroatoms. The summed E-state index contributed by atoms with van der Waals surface area (Å²) >= 11 is 5.84. The van der Waals surface area contributed by atoms with Crippen LogP contribution in [0.25, 0.3) is 0 Å². The molecule has 0 unspecified atom stereocenters. The molecule has 0 bridgehead atoms. The number of rotatable bonds is 4. The van der Waals surface area contributed by atoms with E-state index in [1.807, 2.05) is 0 Å². The summed E-state index contributed by atoms with van der Waals surface area (Å²) in [5.41, 5.74) is 5.82. The molecule has 0 heterocycles. The first kappa shape index (κ1) is 14.2. The van der Waals surface area contributed by atoms with E-state index in [0.29, 0.717) is 10.6 Å². The maximum Gasteiger partial charge on any atom is 0.311 e. The summed E-state index contributed by atoms with van der Waals surface area (Å²) in [5, 5.41) is 11.3. The van der Waals surface area contributed by atoms with E-state index in [4.69, 9.17) is 22.1 Å². The fourth-order valence-corrected chi connectivity index (χ4v) is 1.79. The fraction of sp³-hybridized carbons (Fsp3) is 0.0769. The number of hydrogen-bond acceptors (Lipinski definition) is 4. The number of halogens is 2. The SMILES string of the molecule is NCc1ccc(Cl)cc1Oc1cc(F)ccc1[N+](=O)[O-]. The van der Waals surface area contributed by atoms with Crippen LogP contribution in [0.4, 0.5) is 10.1 Å². The van der Waals surface area contributed by atoms with Crippen LogP contribution in [-0.4, -0.2) is 4.92 Å². The highest BCUT2D eigenvalue weighted by molar-refractivity contribution is 6.30. The van der Waals surface area contributed by atoms with E-state index in [1.165, 1.54) is 6.07 Å². The van der Waals surface area contributed by atoms with Crippen molar-refractivity contribution >= 4 is 17.3 Å². The lowest BCUT2D eigenvalue weighted by Gasteiger charge is -2.10. The van der Waals surface area contributed by atoms with Crippen molar-refractivity contribution in [3.05, 3.63) is 62.9 Å². The van der Waals surface area contributed by atoms with E-state index in [1.54, 1.807) is 12.1 Å². The Hall–Kier alpha value is -2.18. The van der Waals surface area contributed by atoms with Crippen molar-refractivity contribution in [2.24, 2.45) is 5.73 Å². The van der Waals surface area contributed by atoms with Gasteiger partial charge >= 0.3 is 5.69 Å². The molecule has 2 aromatic rings. The van der Waals surface area contributed by atoms with Crippen molar-refractivity contribution < 1.29 is 14.1 Å². The maximum atomic E-state index is 13.2. The smallest absolute Gasteiger partial charge is 0.311 e. The van der Waals surface area contributed by atoms with Gasteiger partial charge in [-0.1, -0.05) is 17.7 Å². The molecule has 0 aliphatic carbocycles. The molecule has 104 valence electrons. The monoisotopic (exact) mass is 296 g/mol. The van der Waals surface area contributed by atoms with E-state index < -0.39 is 10.7 Å². The van der Waals surface area contributed by atoms with Gasteiger partial charge in [-0.25, -0.2) is 4.39 Å². The van der Waals surface area contributed by atoms with Gasteiger partial charge < -0.3 is 10.5 Å². The molecule has 0 amide bonds. The van der Waals surface area contributed by atoms with Crippen LogP contribution in [0.1, 0.15) is 5.56 Å². The van der Waals surface area contributed by atoms with Crippen molar-refractivity contribution in [1.82, 2.24) is 0 Å². The van der Waals surface area contributed by atoms with Crippen LogP contribution in [-0.2, 0) is 6.54 Å². The third-order valence-corrected chi connectivity index (χ3v) is 2.82. The predicted octanol–water partition coefficient (Wildman–Crippen LogP) is 3.64. The Morgan fingerprint density at radius 3 is 2.65 bits per heavy atom.